The number of hydrogen-bond acceptors (Lipinski definition) is 5. The molecule has 2 amide bonds. The van der Waals surface area contributed by atoms with Crippen LogP contribution in [0.15, 0.2) is 0 Å². The van der Waals surface area contributed by atoms with Gasteiger partial charge in [0.2, 0.25) is 5.91 Å². The van der Waals surface area contributed by atoms with E-state index >= 15 is 0 Å². The number of nitrogens with zero attached hydrogens (tertiary/aromatic N) is 1. The Balaban J connectivity index is 4.03. The van der Waals surface area contributed by atoms with E-state index in [1.54, 1.807) is 39.8 Å². The highest BCUT2D eigenvalue weighted by Gasteiger charge is 2.20. The summed E-state index contributed by atoms with van der Waals surface area (Å²) in [5.41, 5.74) is -0.520. The van der Waals surface area contributed by atoms with E-state index in [4.69, 9.17) is 9.84 Å². The van der Waals surface area contributed by atoms with Gasteiger partial charge in [0, 0.05) is 13.1 Å². The molecule has 0 saturated heterocycles. The average Bonchev–Trinajstić information content (AvgIpc) is 2.39. The van der Waals surface area contributed by atoms with Crippen LogP contribution in [0.5, 0.6) is 0 Å². The molecule has 0 heterocycles. The monoisotopic (exact) mass is 347 g/mol. The summed E-state index contributed by atoms with van der Waals surface area (Å²) in [6.45, 7) is 6.01. The second-order valence-corrected chi connectivity index (χ2v) is 6.84. The van der Waals surface area contributed by atoms with Crippen LogP contribution in [0.2, 0.25) is 0 Å². The number of ether oxygens (including phenoxy) is 1. The van der Waals surface area contributed by atoms with E-state index in [2.05, 4.69) is 10.6 Å². The third kappa shape index (κ3) is 11.7. The van der Waals surface area contributed by atoms with E-state index in [9.17, 15) is 14.4 Å². The number of hydrogen-bond donors (Lipinski definition) is 3. The first-order valence-corrected chi connectivity index (χ1v) is 8.15. The lowest BCUT2D eigenvalue weighted by molar-refractivity contribution is -0.137. The van der Waals surface area contributed by atoms with Crippen molar-refractivity contribution in [2.24, 2.45) is 0 Å². The van der Waals surface area contributed by atoms with Crippen LogP contribution in [0.25, 0.3) is 0 Å². The van der Waals surface area contributed by atoms with Gasteiger partial charge in [0.15, 0.2) is 0 Å². The zero-order valence-electron chi connectivity index (χ0n) is 15.3. The summed E-state index contributed by atoms with van der Waals surface area (Å²) >= 11 is 0. The van der Waals surface area contributed by atoms with Crippen LogP contribution < -0.4 is 10.6 Å². The van der Waals surface area contributed by atoms with Crippen molar-refractivity contribution in [1.82, 2.24) is 15.5 Å². The van der Waals surface area contributed by atoms with Gasteiger partial charge >= 0.3 is 12.1 Å². The van der Waals surface area contributed by atoms with Gasteiger partial charge in [0.1, 0.15) is 5.60 Å². The van der Waals surface area contributed by atoms with Gasteiger partial charge in [-0.1, -0.05) is 0 Å². The number of rotatable bonds is 10. The van der Waals surface area contributed by atoms with E-state index in [-0.39, 0.29) is 24.9 Å². The lowest BCUT2D eigenvalue weighted by atomic mass is 10.1. The summed E-state index contributed by atoms with van der Waals surface area (Å²) in [4.78, 5) is 35.8. The number of likely N-dealkylation sites (N-methyl/N-ethyl adjacent to an activating group) is 1. The van der Waals surface area contributed by atoms with E-state index in [1.807, 2.05) is 0 Å². The third-order valence-corrected chi connectivity index (χ3v) is 3.14. The van der Waals surface area contributed by atoms with Crippen molar-refractivity contribution in [3.05, 3.63) is 0 Å². The lowest BCUT2D eigenvalue weighted by Crippen LogP contribution is -2.44. The highest BCUT2D eigenvalue weighted by Crippen LogP contribution is 2.08. The van der Waals surface area contributed by atoms with Crippen LogP contribution in [0.1, 0.15) is 46.5 Å². The smallest absolute Gasteiger partial charge is 0.407 e. The van der Waals surface area contributed by atoms with E-state index in [0.29, 0.717) is 13.0 Å². The molecule has 8 nitrogen and oxygen atoms in total. The van der Waals surface area contributed by atoms with Gasteiger partial charge in [0.05, 0.1) is 12.5 Å². The number of carbonyl (C=O) groups excluding carboxylic acids is 2. The summed E-state index contributed by atoms with van der Waals surface area (Å²) in [5, 5.41) is 13.9. The zero-order chi connectivity index (χ0) is 18.8. The number of carboxylic acids is 1. The Morgan fingerprint density at radius 3 is 2.21 bits per heavy atom. The molecule has 0 bridgehead atoms. The molecule has 0 aliphatic heterocycles. The van der Waals surface area contributed by atoms with Crippen LogP contribution >= 0.6 is 0 Å². The Hall–Kier alpha value is -1.83. The molecule has 0 rings (SSSR count). The molecule has 0 aromatic carbocycles. The molecule has 3 N–H and O–H groups in total. The third-order valence-electron chi connectivity index (χ3n) is 3.14. The Bertz CT molecular complexity index is 418. The number of carbonyl (C=O) groups is 3. The molecule has 0 spiro atoms. The second kappa shape index (κ2) is 10.9. The molecular weight excluding hydrogens is 316 g/mol. The number of carboxylic acid groups (broad SMARTS) is 1. The first-order valence-electron chi connectivity index (χ1n) is 8.15. The second-order valence-electron chi connectivity index (χ2n) is 6.84. The van der Waals surface area contributed by atoms with Gasteiger partial charge in [-0.2, -0.15) is 0 Å². The van der Waals surface area contributed by atoms with Crippen molar-refractivity contribution < 1.29 is 24.2 Å². The predicted octanol–water partition coefficient (Wildman–Crippen LogP) is 1.20. The summed E-state index contributed by atoms with van der Waals surface area (Å²) in [6, 6.07) is -0.319. The van der Waals surface area contributed by atoms with Gasteiger partial charge < -0.3 is 20.5 Å². The standard InChI is InChI=1S/C16H31N3O5/c1-16(2,3)24-15(23)18-10-7-6-8-12(19(4)5)14(22)17-11-9-13(20)21/h12H,6-11H2,1-5H3,(H,17,22)(H,18,23)(H,20,21)/i4+1,5+1. The van der Waals surface area contributed by atoms with Crippen LogP contribution in [0, 0.1) is 0 Å². The first-order chi connectivity index (χ1) is 11.0. The number of aliphatic carboxylic acids is 1. The number of nitrogens with one attached hydrogen (secondary N) is 2. The summed E-state index contributed by atoms with van der Waals surface area (Å²) < 4.78 is 5.14. The SMILES string of the molecule is CC(C)(C)OC(=O)NCCCCC(C(=O)NCCC(=O)O)N([13CH3])[13CH3]. The molecule has 0 fully saturated rings. The van der Waals surface area contributed by atoms with Gasteiger partial charge in [0.25, 0.3) is 0 Å². The fourth-order valence-electron chi connectivity index (χ4n) is 2.00. The molecule has 0 aromatic heterocycles. The van der Waals surface area contributed by atoms with Crippen LogP contribution in [-0.4, -0.2) is 66.8 Å². The van der Waals surface area contributed by atoms with E-state index in [1.165, 1.54) is 0 Å². The molecule has 0 aliphatic rings. The molecule has 0 radical (unpaired) electrons. The highest BCUT2D eigenvalue weighted by molar-refractivity contribution is 5.82. The minimum absolute atomic E-state index is 0.0916. The van der Waals surface area contributed by atoms with Crippen molar-refractivity contribution in [3.8, 4) is 0 Å². The average molecular weight is 347 g/mol. The molecule has 8 heteroatoms. The maximum absolute atomic E-state index is 12.1. The van der Waals surface area contributed by atoms with Crippen molar-refractivity contribution in [1.29, 1.82) is 0 Å². The van der Waals surface area contributed by atoms with Crippen LogP contribution in [0.4, 0.5) is 4.79 Å². The molecule has 0 aromatic rings. The van der Waals surface area contributed by atoms with Crippen LogP contribution in [0.3, 0.4) is 0 Å². The molecular formula is C16H31N3O5. The maximum atomic E-state index is 12.1. The fraction of sp³-hybridized carbons (Fsp3) is 0.812. The van der Waals surface area contributed by atoms with Crippen molar-refractivity contribution >= 4 is 18.0 Å². The maximum Gasteiger partial charge on any atom is 0.407 e. The highest BCUT2D eigenvalue weighted by atomic mass is 16.6. The van der Waals surface area contributed by atoms with Gasteiger partial charge in [-0.05, 0) is 54.1 Å². The molecule has 0 aliphatic carbocycles. The quantitative estimate of drug-likeness (QED) is 0.405. The fourth-order valence-corrected chi connectivity index (χ4v) is 2.00. The number of alkyl carbamates (subject to hydrolysis) is 1. The summed E-state index contributed by atoms with van der Waals surface area (Å²) in [7, 11) is 3.61. The summed E-state index contributed by atoms with van der Waals surface area (Å²) in [5.74, 6) is -1.12. The molecule has 0 saturated carbocycles. The number of amides is 2. The van der Waals surface area contributed by atoms with E-state index < -0.39 is 17.7 Å². The normalized spacial score (nSPS) is 12.6. The minimum atomic E-state index is -0.940. The molecule has 1 unspecified atom stereocenters. The Kier molecular flexibility index (Phi) is 10.0. The van der Waals surface area contributed by atoms with E-state index in [0.717, 1.165) is 12.8 Å². The molecule has 24 heavy (non-hydrogen) atoms. The van der Waals surface area contributed by atoms with Gasteiger partial charge in [-0.15, -0.1) is 0 Å². The van der Waals surface area contributed by atoms with Crippen molar-refractivity contribution in [2.75, 3.05) is 27.2 Å². The van der Waals surface area contributed by atoms with Crippen molar-refractivity contribution in [2.45, 2.75) is 58.1 Å². The lowest BCUT2D eigenvalue weighted by Gasteiger charge is -2.23. The largest absolute Gasteiger partial charge is 0.481 e. The predicted molar refractivity (Wildman–Crippen MR) is 90.8 cm³/mol. The number of unbranched alkanes of at least 4 members (excludes halogenated alkanes) is 1. The summed E-state index contributed by atoms with van der Waals surface area (Å²) in [6.07, 6.45) is 1.57. The molecule has 1 atom stereocenters. The Morgan fingerprint density at radius 1 is 1.08 bits per heavy atom. The Labute approximate surface area is 143 Å². The molecule has 140 valence electrons. The van der Waals surface area contributed by atoms with Crippen LogP contribution in [-0.2, 0) is 14.3 Å². The minimum Gasteiger partial charge on any atom is -0.481 e. The Morgan fingerprint density at radius 2 is 1.71 bits per heavy atom. The van der Waals surface area contributed by atoms with Gasteiger partial charge in [-0.3, -0.25) is 14.5 Å². The van der Waals surface area contributed by atoms with Gasteiger partial charge in [-0.25, -0.2) is 4.79 Å². The first kappa shape index (κ1) is 22.2. The topological polar surface area (TPSA) is 108 Å². The zero-order valence-corrected chi connectivity index (χ0v) is 15.3. The van der Waals surface area contributed by atoms with Crippen molar-refractivity contribution in [3.63, 3.8) is 0 Å².